The molecule has 4 rings (SSSR count). The van der Waals surface area contributed by atoms with Crippen LogP contribution in [0.4, 0.5) is 5.69 Å². The molecular weight excluding hydrogens is 598 g/mol. The lowest BCUT2D eigenvalue weighted by Gasteiger charge is -2.38. The van der Waals surface area contributed by atoms with Crippen molar-refractivity contribution in [2.45, 2.75) is 35.1 Å². The van der Waals surface area contributed by atoms with Crippen molar-refractivity contribution in [3.8, 4) is 5.75 Å². The Bertz CT molecular complexity index is 1560. The summed E-state index contributed by atoms with van der Waals surface area (Å²) in [7, 11) is -6.49. The van der Waals surface area contributed by atoms with Gasteiger partial charge in [0.2, 0.25) is 10.0 Å². The molecule has 2 aromatic carbocycles. The second-order valence-electron chi connectivity index (χ2n) is 9.58. The number of hydrogen-bond acceptors (Lipinski definition) is 8. The molecule has 1 aliphatic rings. The lowest BCUT2D eigenvalue weighted by atomic mass is 9.99. The highest BCUT2D eigenvalue weighted by Gasteiger charge is 2.36. The molecule has 3 aromatic rings. The number of nitrogens with one attached hydrogen (secondary N) is 1. The number of halogens is 1. The molecule has 3 atom stereocenters. The van der Waals surface area contributed by atoms with E-state index in [0.29, 0.717) is 5.02 Å². The van der Waals surface area contributed by atoms with E-state index in [1.165, 1.54) is 60.5 Å². The summed E-state index contributed by atoms with van der Waals surface area (Å²) in [6.45, 7) is 3.27. The molecule has 0 bridgehead atoms. The summed E-state index contributed by atoms with van der Waals surface area (Å²) in [6, 6.07) is 12.8. The van der Waals surface area contributed by atoms with Gasteiger partial charge in [0.05, 0.1) is 35.3 Å². The smallest absolute Gasteiger partial charge is 0.271 e. The van der Waals surface area contributed by atoms with Crippen LogP contribution in [0.5, 0.6) is 5.75 Å². The molecular formula is C26H30ClN3O7S3. The number of rotatable bonds is 9. The van der Waals surface area contributed by atoms with Crippen molar-refractivity contribution in [3.63, 3.8) is 0 Å². The predicted octanol–water partition coefficient (Wildman–Crippen LogP) is 3.74. The highest BCUT2D eigenvalue weighted by molar-refractivity contribution is 7.94. The number of aliphatic hydroxyl groups excluding tert-OH is 1. The SMILES string of the molecule is C[C@@H]1CN([C@H](C)CO)C(=O)c2cccc(NS(=O)(=O)c3cccs3)c2O[C@@H]1CN(C)S(=O)(=O)c1ccc(Cl)cc1. The van der Waals surface area contributed by atoms with Gasteiger partial charge >= 0.3 is 0 Å². The minimum Gasteiger partial charge on any atom is -0.486 e. The summed E-state index contributed by atoms with van der Waals surface area (Å²) >= 11 is 6.96. The first-order valence-electron chi connectivity index (χ1n) is 12.3. The first-order valence-corrected chi connectivity index (χ1v) is 16.5. The number of ether oxygens (including phenoxy) is 1. The molecule has 0 spiro atoms. The number of carbonyl (C=O) groups excluding carboxylic acids is 1. The van der Waals surface area contributed by atoms with Gasteiger partial charge in [-0.25, -0.2) is 16.8 Å². The molecule has 0 fully saturated rings. The molecule has 14 heteroatoms. The summed E-state index contributed by atoms with van der Waals surface area (Å²) in [6.07, 6.45) is -0.792. The number of amides is 1. The van der Waals surface area contributed by atoms with E-state index in [0.717, 1.165) is 15.6 Å². The molecule has 0 radical (unpaired) electrons. The van der Waals surface area contributed by atoms with Gasteiger partial charge in [0.25, 0.3) is 15.9 Å². The average molecular weight is 628 g/mol. The Kier molecular flexibility index (Phi) is 9.12. The fraction of sp³-hybridized carbons (Fsp3) is 0.346. The van der Waals surface area contributed by atoms with E-state index >= 15 is 0 Å². The van der Waals surface area contributed by atoms with Crippen molar-refractivity contribution in [3.05, 3.63) is 70.6 Å². The zero-order valence-electron chi connectivity index (χ0n) is 22.0. The van der Waals surface area contributed by atoms with Gasteiger partial charge in [-0.15, -0.1) is 11.3 Å². The Morgan fingerprint density at radius 2 is 1.85 bits per heavy atom. The molecule has 0 saturated heterocycles. The number of aliphatic hydroxyl groups is 1. The van der Waals surface area contributed by atoms with Crippen LogP contribution in [0.3, 0.4) is 0 Å². The Hall–Kier alpha value is -2.68. The molecule has 40 heavy (non-hydrogen) atoms. The first-order chi connectivity index (χ1) is 18.8. The van der Waals surface area contributed by atoms with E-state index in [4.69, 9.17) is 16.3 Å². The summed E-state index contributed by atoms with van der Waals surface area (Å²) in [5.74, 6) is -0.867. The summed E-state index contributed by atoms with van der Waals surface area (Å²) in [4.78, 5) is 15.2. The topological polar surface area (TPSA) is 133 Å². The summed E-state index contributed by atoms with van der Waals surface area (Å²) in [5, 5.41) is 11.9. The van der Waals surface area contributed by atoms with Crippen molar-refractivity contribution in [2.75, 3.05) is 31.5 Å². The van der Waals surface area contributed by atoms with Crippen LogP contribution in [0, 0.1) is 5.92 Å². The monoisotopic (exact) mass is 627 g/mol. The summed E-state index contributed by atoms with van der Waals surface area (Å²) in [5.41, 5.74) is 0.130. The number of benzene rings is 2. The highest BCUT2D eigenvalue weighted by atomic mass is 35.5. The van der Waals surface area contributed by atoms with Gasteiger partial charge < -0.3 is 14.7 Å². The van der Waals surface area contributed by atoms with Gasteiger partial charge in [-0.2, -0.15) is 4.31 Å². The standard InChI is InChI=1S/C26H30ClN3O7S3/c1-17-14-30(18(2)16-31)26(32)21-6-4-7-22(28-39(33,34)24-8-5-13-38-24)25(21)37-23(17)15-29(3)40(35,36)20-11-9-19(27)10-12-20/h4-13,17-18,23,28,31H,14-16H2,1-3H3/t17-,18-,23-/m1/s1. The number of thiophene rings is 1. The van der Waals surface area contributed by atoms with Crippen molar-refractivity contribution in [2.24, 2.45) is 5.92 Å². The lowest BCUT2D eigenvalue weighted by molar-refractivity contribution is 0.0389. The van der Waals surface area contributed by atoms with E-state index < -0.39 is 44.0 Å². The van der Waals surface area contributed by atoms with E-state index in [1.54, 1.807) is 25.3 Å². The molecule has 2 heterocycles. The zero-order valence-corrected chi connectivity index (χ0v) is 25.2. The van der Waals surface area contributed by atoms with Crippen LogP contribution in [0.25, 0.3) is 0 Å². The van der Waals surface area contributed by atoms with Crippen LogP contribution in [0.15, 0.2) is 69.1 Å². The second-order valence-corrected chi connectivity index (χ2v) is 14.9. The van der Waals surface area contributed by atoms with E-state index in [-0.39, 0.29) is 45.8 Å². The predicted molar refractivity (Wildman–Crippen MR) is 154 cm³/mol. The second kappa shape index (κ2) is 12.0. The number of fused-ring (bicyclic) bond motifs is 1. The Morgan fingerprint density at radius 1 is 1.15 bits per heavy atom. The van der Waals surface area contributed by atoms with Crippen LogP contribution in [-0.4, -0.2) is 75.9 Å². The van der Waals surface area contributed by atoms with Crippen LogP contribution in [0.2, 0.25) is 5.02 Å². The third kappa shape index (κ3) is 6.29. The third-order valence-electron chi connectivity index (χ3n) is 6.65. The number of likely N-dealkylation sites (N-methyl/N-ethyl adjacent to an activating group) is 1. The maximum absolute atomic E-state index is 13.6. The number of para-hydroxylation sites is 1. The van der Waals surface area contributed by atoms with Crippen LogP contribution in [0.1, 0.15) is 24.2 Å². The summed E-state index contributed by atoms with van der Waals surface area (Å²) < 4.78 is 62.8. The van der Waals surface area contributed by atoms with Crippen LogP contribution in [-0.2, 0) is 20.0 Å². The fourth-order valence-corrected chi connectivity index (χ4v) is 7.66. The molecule has 1 aliphatic heterocycles. The first kappa shape index (κ1) is 30.3. The van der Waals surface area contributed by atoms with Gasteiger partial charge in [0.15, 0.2) is 5.75 Å². The largest absolute Gasteiger partial charge is 0.486 e. The number of carbonyl (C=O) groups is 1. The molecule has 1 amide bonds. The van der Waals surface area contributed by atoms with Gasteiger partial charge in [-0.3, -0.25) is 9.52 Å². The van der Waals surface area contributed by atoms with E-state index in [9.17, 15) is 26.7 Å². The van der Waals surface area contributed by atoms with Gasteiger partial charge in [-0.05, 0) is 54.8 Å². The molecule has 1 aromatic heterocycles. The zero-order chi connectivity index (χ0) is 29.2. The Balaban J connectivity index is 1.75. The van der Waals surface area contributed by atoms with Gasteiger partial charge in [0, 0.05) is 24.5 Å². The molecule has 216 valence electrons. The average Bonchev–Trinajstić information content (AvgIpc) is 3.47. The highest BCUT2D eigenvalue weighted by Crippen LogP contribution is 2.36. The molecule has 0 unspecified atom stereocenters. The van der Waals surface area contributed by atoms with Crippen LogP contribution >= 0.6 is 22.9 Å². The minimum absolute atomic E-state index is 0.0170. The van der Waals surface area contributed by atoms with Crippen molar-refractivity contribution in [1.82, 2.24) is 9.21 Å². The Labute approximate surface area is 243 Å². The number of nitrogens with zero attached hydrogens (tertiary/aromatic N) is 2. The normalized spacial score (nSPS) is 18.9. The third-order valence-corrected chi connectivity index (χ3v) is 11.5. The van der Waals surface area contributed by atoms with Crippen molar-refractivity contribution in [1.29, 1.82) is 0 Å². The fourth-order valence-electron chi connectivity index (χ4n) is 4.29. The van der Waals surface area contributed by atoms with Gasteiger partial charge in [-0.1, -0.05) is 30.7 Å². The maximum Gasteiger partial charge on any atom is 0.271 e. The quantitative estimate of drug-likeness (QED) is 0.369. The number of sulfonamides is 2. The van der Waals surface area contributed by atoms with Crippen molar-refractivity contribution >= 4 is 54.6 Å². The lowest BCUT2D eigenvalue weighted by Crippen LogP contribution is -2.50. The molecule has 10 nitrogen and oxygen atoms in total. The maximum atomic E-state index is 13.6. The van der Waals surface area contributed by atoms with Crippen molar-refractivity contribution < 1.29 is 31.5 Å². The van der Waals surface area contributed by atoms with Gasteiger partial charge in [0.1, 0.15) is 10.3 Å². The van der Waals surface area contributed by atoms with E-state index in [1.807, 2.05) is 0 Å². The minimum atomic E-state index is -3.99. The number of anilines is 1. The molecule has 0 aliphatic carbocycles. The molecule has 2 N–H and O–H groups in total. The molecule has 0 saturated carbocycles. The Morgan fingerprint density at radius 3 is 2.48 bits per heavy atom. The van der Waals surface area contributed by atoms with E-state index in [2.05, 4.69) is 4.72 Å². The van der Waals surface area contributed by atoms with Crippen LogP contribution < -0.4 is 9.46 Å². The number of hydrogen-bond donors (Lipinski definition) is 2.